The summed E-state index contributed by atoms with van der Waals surface area (Å²) in [6.07, 6.45) is 0. The summed E-state index contributed by atoms with van der Waals surface area (Å²) in [5.41, 5.74) is 0.195. The molecule has 0 spiro atoms. The van der Waals surface area contributed by atoms with E-state index in [2.05, 4.69) is 0 Å². The van der Waals surface area contributed by atoms with Crippen LogP contribution >= 0.6 is 23.2 Å². The maximum atomic E-state index is 13.5. The highest BCUT2D eigenvalue weighted by Crippen LogP contribution is 2.30. The van der Waals surface area contributed by atoms with Crippen molar-refractivity contribution in [2.75, 3.05) is 7.11 Å². The summed E-state index contributed by atoms with van der Waals surface area (Å²) in [6, 6.07) is 10.5. The number of aliphatic hydroxyl groups is 1. The lowest BCUT2D eigenvalue weighted by Gasteiger charge is -2.13. The number of hydrogen-bond acceptors (Lipinski definition) is 5. The minimum atomic E-state index is -4.21. The van der Waals surface area contributed by atoms with Crippen molar-refractivity contribution in [1.29, 1.82) is 0 Å². The molecule has 1 heterocycles. The van der Waals surface area contributed by atoms with Gasteiger partial charge in [-0.3, -0.25) is 9.13 Å². The first kappa shape index (κ1) is 23.4. The SMILES string of the molecule is COc1ccc(Cn2c(CO)c(S(=O)(=O)c3cc(Cl)cc(Cl)c3)n(C(C)C)c2=O)cc1. The fourth-order valence-electron chi connectivity index (χ4n) is 3.35. The number of imidazole rings is 1. The normalized spacial score (nSPS) is 11.8. The third kappa shape index (κ3) is 4.52. The summed E-state index contributed by atoms with van der Waals surface area (Å²) >= 11 is 12.0. The van der Waals surface area contributed by atoms with Crippen LogP contribution in [-0.2, 0) is 23.0 Å². The average Bonchev–Trinajstić information content (AvgIpc) is 3.00. The van der Waals surface area contributed by atoms with E-state index in [0.717, 1.165) is 5.56 Å². The molecule has 3 rings (SSSR count). The molecule has 0 aliphatic heterocycles. The smallest absolute Gasteiger partial charge is 0.330 e. The second-order valence-corrected chi connectivity index (χ2v) is 9.94. The van der Waals surface area contributed by atoms with Crippen molar-refractivity contribution in [2.24, 2.45) is 0 Å². The van der Waals surface area contributed by atoms with Crippen LogP contribution in [0, 0.1) is 0 Å². The molecule has 0 radical (unpaired) electrons. The molecule has 3 aromatic rings. The monoisotopic (exact) mass is 484 g/mol. The molecule has 0 fully saturated rings. The minimum Gasteiger partial charge on any atom is -0.497 e. The van der Waals surface area contributed by atoms with Crippen molar-refractivity contribution in [2.45, 2.75) is 43.0 Å². The first-order chi connectivity index (χ1) is 14.6. The number of aromatic nitrogens is 2. The number of benzene rings is 2. The largest absolute Gasteiger partial charge is 0.497 e. The summed E-state index contributed by atoms with van der Waals surface area (Å²) in [4.78, 5) is 13.1. The van der Waals surface area contributed by atoms with Gasteiger partial charge in [0.25, 0.3) is 0 Å². The van der Waals surface area contributed by atoms with Gasteiger partial charge in [0, 0.05) is 16.1 Å². The van der Waals surface area contributed by atoms with Gasteiger partial charge in [0.05, 0.1) is 30.9 Å². The van der Waals surface area contributed by atoms with E-state index in [9.17, 15) is 18.3 Å². The Morgan fingerprint density at radius 3 is 2.13 bits per heavy atom. The second kappa shape index (κ2) is 9.08. The van der Waals surface area contributed by atoms with Gasteiger partial charge < -0.3 is 9.84 Å². The lowest BCUT2D eigenvalue weighted by Crippen LogP contribution is -2.27. The Morgan fingerprint density at radius 1 is 1.06 bits per heavy atom. The number of rotatable bonds is 7. The average molecular weight is 485 g/mol. The Bertz CT molecular complexity index is 1240. The third-order valence-corrected chi connectivity index (χ3v) is 7.03. The molecule has 0 aliphatic carbocycles. The molecule has 166 valence electrons. The molecule has 7 nitrogen and oxygen atoms in total. The molecule has 2 aromatic carbocycles. The van der Waals surface area contributed by atoms with Crippen LogP contribution in [0.5, 0.6) is 5.75 Å². The standard InChI is InChI=1S/C21H22Cl2N2O5S/c1-13(2)25-20(31(28,29)18-9-15(22)8-16(23)10-18)19(12-26)24(21(25)27)11-14-4-6-17(30-3)7-5-14/h4-10,13,26H,11-12H2,1-3H3. The van der Waals surface area contributed by atoms with E-state index in [1.807, 2.05) is 0 Å². The quantitative estimate of drug-likeness (QED) is 0.548. The highest BCUT2D eigenvalue weighted by Gasteiger charge is 2.32. The van der Waals surface area contributed by atoms with Gasteiger partial charge in [0.1, 0.15) is 5.75 Å². The van der Waals surface area contributed by atoms with E-state index in [4.69, 9.17) is 27.9 Å². The molecule has 31 heavy (non-hydrogen) atoms. The van der Waals surface area contributed by atoms with Gasteiger partial charge in [-0.15, -0.1) is 0 Å². The zero-order valence-corrected chi connectivity index (χ0v) is 19.5. The molecule has 0 unspecified atom stereocenters. The van der Waals surface area contributed by atoms with Gasteiger partial charge >= 0.3 is 5.69 Å². The number of aliphatic hydroxyl groups excluding tert-OH is 1. The predicted molar refractivity (Wildman–Crippen MR) is 119 cm³/mol. The summed E-state index contributed by atoms with van der Waals surface area (Å²) in [7, 11) is -2.67. The van der Waals surface area contributed by atoms with Crippen LogP contribution < -0.4 is 10.4 Å². The second-order valence-electron chi connectivity index (χ2n) is 7.20. The van der Waals surface area contributed by atoms with E-state index in [-0.39, 0.29) is 32.2 Å². The molecular weight excluding hydrogens is 463 g/mol. The van der Waals surface area contributed by atoms with E-state index < -0.39 is 28.2 Å². The van der Waals surface area contributed by atoms with Gasteiger partial charge in [-0.05, 0) is 49.7 Å². The van der Waals surface area contributed by atoms with E-state index in [1.165, 1.54) is 27.3 Å². The van der Waals surface area contributed by atoms with Gasteiger partial charge in [0.15, 0.2) is 5.03 Å². The number of ether oxygens (including phenoxy) is 1. The fraction of sp³-hybridized carbons (Fsp3) is 0.286. The summed E-state index contributed by atoms with van der Waals surface area (Å²) in [5.74, 6) is 0.652. The van der Waals surface area contributed by atoms with E-state index >= 15 is 0 Å². The highest BCUT2D eigenvalue weighted by molar-refractivity contribution is 7.91. The molecule has 0 amide bonds. The Morgan fingerprint density at radius 2 is 1.65 bits per heavy atom. The molecule has 0 saturated heterocycles. The summed E-state index contributed by atoms with van der Waals surface area (Å²) in [5, 5.41) is 10.1. The zero-order valence-electron chi connectivity index (χ0n) is 17.2. The third-order valence-electron chi connectivity index (χ3n) is 4.80. The number of halogens is 2. The van der Waals surface area contributed by atoms with Crippen LogP contribution in [0.4, 0.5) is 0 Å². The van der Waals surface area contributed by atoms with Crippen molar-refractivity contribution >= 4 is 33.0 Å². The molecule has 1 aromatic heterocycles. The Balaban J connectivity index is 2.24. The Kier molecular flexibility index (Phi) is 6.85. The van der Waals surface area contributed by atoms with Crippen LogP contribution in [-0.4, -0.2) is 29.8 Å². The molecule has 0 bridgehead atoms. The van der Waals surface area contributed by atoms with Crippen LogP contribution in [0.15, 0.2) is 57.2 Å². The van der Waals surface area contributed by atoms with Crippen LogP contribution in [0.1, 0.15) is 31.1 Å². The lowest BCUT2D eigenvalue weighted by atomic mass is 10.2. The molecule has 0 atom stereocenters. The maximum Gasteiger partial charge on any atom is 0.330 e. The number of nitrogens with zero attached hydrogens (tertiary/aromatic N) is 2. The van der Waals surface area contributed by atoms with E-state index in [1.54, 1.807) is 45.2 Å². The van der Waals surface area contributed by atoms with Crippen molar-refractivity contribution < 1.29 is 18.3 Å². The Hall–Kier alpha value is -2.26. The molecule has 0 saturated carbocycles. The van der Waals surface area contributed by atoms with E-state index in [0.29, 0.717) is 5.75 Å². The van der Waals surface area contributed by atoms with Crippen LogP contribution in [0.2, 0.25) is 10.0 Å². The minimum absolute atomic E-state index is 0.00869. The zero-order chi connectivity index (χ0) is 22.9. The molecule has 1 N–H and O–H groups in total. The first-order valence-electron chi connectivity index (χ1n) is 9.39. The van der Waals surface area contributed by atoms with Crippen molar-refractivity contribution in [3.63, 3.8) is 0 Å². The van der Waals surface area contributed by atoms with Crippen molar-refractivity contribution in [3.05, 3.63) is 74.3 Å². The lowest BCUT2D eigenvalue weighted by molar-refractivity contribution is 0.266. The Labute approximate surface area is 190 Å². The topological polar surface area (TPSA) is 90.5 Å². The van der Waals surface area contributed by atoms with Gasteiger partial charge in [-0.25, -0.2) is 13.2 Å². The number of methoxy groups -OCH3 is 1. The summed E-state index contributed by atoms with van der Waals surface area (Å²) < 4.78 is 34.6. The van der Waals surface area contributed by atoms with Crippen LogP contribution in [0.3, 0.4) is 0 Å². The number of sulfone groups is 1. The maximum absolute atomic E-state index is 13.5. The van der Waals surface area contributed by atoms with Gasteiger partial charge in [-0.2, -0.15) is 0 Å². The van der Waals surface area contributed by atoms with Crippen molar-refractivity contribution in [3.8, 4) is 5.75 Å². The highest BCUT2D eigenvalue weighted by atomic mass is 35.5. The summed E-state index contributed by atoms with van der Waals surface area (Å²) in [6.45, 7) is 2.83. The van der Waals surface area contributed by atoms with Crippen molar-refractivity contribution in [1.82, 2.24) is 9.13 Å². The molecular formula is C21H22Cl2N2O5S. The molecule has 0 aliphatic rings. The molecule has 10 heteroatoms. The fourth-order valence-corrected chi connectivity index (χ4v) is 5.83. The van der Waals surface area contributed by atoms with Crippen LogP contribution in [0.25, 0.3) is 0 Å². The van der Waals surface area contributed by atoms with Gasteiger partial charge in [-0.1, -0.05) is 35.3 Å². The first-order valence-corrected chi connectivity index (χ1v) is 11.6. The number of hydrogen-bond donors (Lipinski definition) is 1. The predicted octanol–water partition coefficient (Wildman–Crippen LogP) is 3.92. The van der Waals surface area contributed by atoms with Gasteiger partial charge in [0.2, 0.25) is 9.84 Å².